The molecule has 114 valence electrons. The largest absolute Gasteiger partial charge is 0.481 e. The number of nitrogens with one attached hydrogen (secondary N) is 1. The van der Waals surface area contributed by atoms with Crippen LogP contribution in [-0.4, -0.2) is 48.2 Å². The number of carboxylic acids is 1. The molecule has 6 nitrogen and oxygen atoms in total. The van der Waals surface area contributed by atoms with Crippen LogP contribution in [0, 0.1) is 0 Å². The van der Waals surface area contributed by atoms with Crippen molar-refractivity contribution >= 4 is 11.9 Å². The van der Waals surface area contributed by atoms with Gasteiger partial charge in [-0.1, -0.05) is 24.3 Å². The lowest BCUT2D eigenvalue weighted by atomic mass is 10.1. The fourth-order valence-corrected chi connectivity index (χ4v) is 2.18. The zero-order valence-electron chi connectivity index (χ0n) is 11.9. The van der Waals surface area contributed by atoms with E-state index in [-0.39, 0.29) is 0 Å². The number of rotatable bonds is 6. The van der Waals surface area contributed by atoms with Crippen LogP contribution in [0.1, 0.15) is 17.5 Å². The number of morpholine rings is 1. The van der Waals surface area contributed by atoms with Gasteiger partial charge in [0, 0.05) is 26.2 Å². The lowest BCUT2D eigenvalue weighted by molar-refractivity contribution is -0.140. The number of hydrogen-bond acceptors (Lipinski definition) is 4. The molecule has 0 bridgehead atoms. The van der Waals surface area contributed by atoms with Crippen molar-refractivity contribution in [3.05, 3.63) is 35.4 Å². The molecule has 0 spiro atoms. The van der Waals surface area contributed by atoms with Crippen LogP contribution in [0.5, 0.6) is 0 Å². The topological polar surface area (TPSA) is 78.9 Å². The van der Waals surface area contributed by atoms with Crippen LogP contribution in [0.25, 0.3) is 0 Å². The Hall–Kier alpha value is -1.92. The molecule has 21 heavy (non-hydrogen) atoms. The van der Waals surface area contributed by atoms with Crippen LogP contribution < -0.4 is 5.32 Å². The average Bonchev–Trinajstić information content (AvgIpc) is 2.47. The van der Waals surface area contributed by atoms with E-state index < -0.39 is 18.3 Å². The molecule has 1 aromatic rings. The first-order valence-corrected chi connectivity index (χ1v) is 7.00. The highest BCUT2D eigenvalue weighted by Gasteiger charge is 2.10. The van der Waals surface area contributed by atoms with Gasteiger partial charge in [-0.25, -0.2) is 0 Å². The summed E-state index contributed by atoms with van der Waals surface area (Å²) in [5.74, 6) is -1.59. The number of nitrogens with zero attached hydrogens (tertiary/aromatic N) is 1. The molecule has 0 saturated carbocycles. The maximum absolute atomic E-state index is 11.2. The predicted molar refractivity (Wildman–Crippen MR) is 76.6 cm³/mol. The van der Waals surface area contributed by atoms with Crippen LogP contribution in [0.2, 0.25) is 0 Å². The van der Waals surface area contributed by atoms with Crippen LogP contribution in [0.4, 0.5) is 0 Å². The van der Waals surface area contributed by atoms with Crippen LogP contribution in [0.3, 0.4) is 0 Å². The van der Waals surface area contributed by atoms with Crippen molar-refractivity contribution < 1.29 is 19.4 Å². The Morgan fingerprint density at radius 3 is 2.38 bits per heavy atom. The monoisotopic (exact) mass is 292 g/mol. The minimum absolute atomic E-state index is 0.351. The number of benzene rings is 1. The van der Waals surface area contributed by atoms with Gasteiger partial charge in [0.25, 0.3) is 0 Å². The van der Waals surface area contributed by atoms with E-state index in [0.29, 0.717) is 6.54 Å². The van der Waals surface area contributed by atoms with E-state index in [0.717, 1.165) is 38.4 Å². The highest BCUT2D eigenvalue weighted by atomic mass is 16.5. The Bertz CT molecular complexity index is 481. The summed E-state index contributed by atoms with van der Waals surface area (Å²) in [5.41, 5.74) is 2.18. The van der Waals surface area contributed by atoms with E-state index in [1.807, 2.05) is 24.3 Å². The molecule has 0 aliphatic carbocycles. The zero-order valence-corrected chi connectivity index (χ0v) is 11.9. The number of carbonyl (C=O) groups excluding carboxylic acids is 1. The number of carboxylic acid groups (broad SMARTS) is 1. The molecule has 1 aliphatic heterocycles. The van der Waals surface area contributed by atoms with E-state index in [9.17, 15) is 9.59 Å². The number of amides is 1. The molecule has 1 saturated heterocycles. The van der Waals surface area contributed by atoms with Gasteiger partial charge in [0.15, 0.2) is 0 Å². The minimum atomic E-state index is -1.12. The lowest BCUT2D eigenvalue weighted by Crippen LogP contribution is -2.35. The summed E-state index contributed by atoms with van der Waals surface area (Å²) in [6.07, 6.45) is -0.491. The molecular weight excluding hydrogens is 272 g/mol. The van der Waals surface area contributed by atoms with Gasteiger partial charge in [-0.05, 0) is 11.1 Å². The second-order valence-corrected chi connectivity index (χ2v) is 5.05. The Morgan fingerprint density at radius 1 is 1.14 bits per heavy atom. The Morgan fingerprint density at radius 2 is 1.76 bits per heavy atom. The molecule has 0 atom stereocenters. The Balaban J connectivity index is 1.78. The molecule has 0 radical (unpaired) electrons. The standard InChI is InChI=1S/C15H20N2O4/c18-14(9-15(19)20)16-10-12-1-3-13(4-2-12)11-17-5-7-21-8-6-17/h1-4H,5-11H2,(H,16,18)(H,19,20). The number of carbonyl (C=O) groups is 2. The summed E-state index contributed by atoms with van der Waals surface area (Å²) in [6, 6.07) is 7.98. The minimum Gasteiger partial charge on any atom is -0.481 e. The molecule has 1 amide bonds. The van der Waals surface area contributed by atoms with Crippen molar-refractivity contribution in [2.75, 3.05) is 26.3 Å². The fourth-order valence-electron chi connectivity index (χ4n) is 2.18. The first-order valence-electron chi connectivity index (χ1n) is 7.00. The zero-order chi connectivity index (χ0) is 15.1. The highest BCUT2D eigenvalue weighted by Crippen LogP contribution is 2.09. The van der Waals surface area contributed by atoms with Crippen LogP contribution >= 0.6 is 0 Å². The smallest absolute Gasteiger partial charge is 0.312 e. The van der Waals surface area contributed by atoms with Gasteiger partial charge in [0.2, 0.25) is 5.91 Å². The summed E-state index contributed by atoms with van der Waals surface area (Å²) in [5, 5.41) is 11.1. The molecule has 1 fully saturated rings. The van der Waals surface area contributed by atoms with Gasteiger partial charge in [-0.2, -0.15) is 0 Å². The lowest BCUT2D eigenvalue weighted by Gasteiger charge is -2.26. The number of hydrogen-bond donors (Lipinski definition) is 2. The van der Waals surface area contributed by atoms with Crippen molar-refractivity contribution in [3.63, 3.8) is 0 Å². The van der Waals surface area contributed by atoms with E-state index in [1.54, 1.807) is 0 Å². The Kier molecular flexibility index (Phi) is 5.71. The summed E-state index contributed by atoms with van der Waals surface area (Å²) < 4.78 is 5.31. The second-order valence-electron chi connectivity index (χ2n) is 5.05. The molecule has 1 aromatic carbocycles. The summed E-state index contributed by atoms with van der Waals surface area (Å²) >= 11 is 0. The predicted octanol–water partition coefficient (Wildman–Crippen LogP) is 0.610. The first-order chi connectivity index (χ1) is 10.1. The van der Waals surface area contributed by atoms with Crippen molar-refractivity contribution in [2.24, 2.45) is 0 Å². The SMILES string of the molecule is O=C(O)CC(=O)NCc1ccc(CN2CCOCC2)cc1. The molecule has 2 N–H and O–H groups in total. The van der Waals surface area contributed by atoms with E-state index >= 15 is 0 Å². The van der Waals surface area contributed by atoms with E-state index in [4.69, 9.17) is 9.84 Å². The third-order valence-corrected chi connectivity index (χ3v) is 3.33. The van der Waals surface area contributed by atoms with Gasteiger partial charge in [0.05, 0.1) is 13.2 Å². The molecule has 2 rings (SSSR count). The van der Waals surface area contributed by atoms with E-state index in [1.165, 1.54) is 5.56 Å². The normalized spacial score (nSPS) is 15.6. The van der Waals surface area contributed by atoms with Gasteiger partial charge in [0.1, 0.15) is 6.42 Å². The molecular formula is C15H20N2O4. The first kappa shape index (κ1) is 15.5. The molecule has 6 heteroatoms. The molecule has 0 unspecified atom stereocenters. The number of ether oxygens (including phenoxy) is 1. The van der Waals surface area contributed by atoms with Crippen molar-refractivity contribution in [1.29, 1.82) is 0 Å². The summed E-state index contributed by atoms with van der Waals surface area (Å²) in [7, 11) is 0. The van der Waals surface area contributed by atoms with Crippen molar-refractivity contribution in [1.82, 2.24) is 10.2 Å². The Labute approximate surface area is 123 Å². The average molecular weight is 292 g/mol. The third kappa shape index (κ3) is 5.53. The third-order valence-electron chi connectivity index (χ3n) is 3.33. The number of aliphatic carboxylic acids is 1. The fraction of sp³-hybridized carbons (Fsp3) is 0.467. The second kappa shape index (κ2) is 7.75. The molecule has 0 aromatic heterocycles. The van der Waals surface area contributed by atoms with Gasteiger partial charge >= 0.3 is 5.97 Å². The quantitative estimate of drug-likeness (QED) is 0.751. The summed E-state index contributed by atoms with van der Waals surface area (Å²) in [4.78, 5) is 24.0. The van der Waals surface area contributed by atoms with Crippen molar-refractivity contribution in [2.45, 2.75) is 19.5 Å². The van der Waals surface area contributed by atoms with E-state index in [2.05, 4.69) is 10.2 Å². The van der Waals surface area contributed by atoms with Crippen molar-refractivity contribution in [3.8, 4) is 0 Å². The summed E-state index contributed by atoms with van der Waals surface area (Å²) in [6.45, 7) is 4.72. The maximum atomic E-state index is 11.2. The molecule has 1 aliphatic rings. The van der Waals surface area contributed by atoms with Crippen LogP contribution in [-0.2, 0) is 27.4 Å². The highest BCUT2D eigenvalue weighted by molar-refractivity contribution is 5.93. The maximum Gasteiger partial charge on any atom is 0.312 e. The van der Waals surface area contributed by atoms with Crippen LogP contribution in [0.15, 0.2) is 24.3 Å². The van der Waals surface area contributed by atoms with Gasteiger partial charge in [-0.15, -0.1) is 0 Å². The molecule has 1 heterocycles. The van der Waals surface area contributed by atoms with Gasteiger partial charge in [-0.3, -0.25) is 14.5 Å². The van der Waals surface area contributed by atoms with Gasteiger partial charge < -0.3 is 15.2 Å².